The lowest BCUT2D eigenvalue weighted by Gasteiger charge is -2.30. The van der Waals surface area contributed by atoms with Crippen molar-refractivity contribution in [1.29, 1.82) is 0 Å². The predicted octanol–water partition coefficient (Wildman–Crippen LogP) is 4.39. The first-order chi connectivity index (χ1) is 15.6. The van der Waals surface area contributed by atoms with Crippen LogP contribution in [0.25, 0.3) is 0 Å². The van der Waals surface area contributed by atoms with Crippen molar-refractivity contribution in [3.8, 4) is 0 Å². The number of pyridine rings is 1. The molecule has 0 radical (unpaired) electrons. The Kier molecular flexibility index (Phi) is 6.75. The van der Waals surface area contributed by atoms with Gasteiger partial charge in [-0.1, -0.05) is 12.1 Å². The fourth-order valence-electron chi connectivity index (χ4n) is 3.82. The van der Waals surface area contributed by atoms with Crippen LogP contribution in [0.5, 0.6) is 0 Å². The van der Waals surface area contributed by atoms with Crippen molar-refractivity contribution in [2.45, 2.75) is 25.8 Å². The largest absolute Gasteiger partial charge is 0.371 e. The van der Waals surface area contributed by atoms with Gasteiger partial charge in [0.05, 0.1) is 5.56 Å². The predicted molar refractivity (Wildman–Crippen MR) is 122 cm³/mol. The molecule has 1 aromatic heterocycles. The maximum atomic E-state index is 13.5. The van der Waals surface area contributed by atoms with Crippen LogP contribution in [-0.4, -0.2) is 29.9 Å². The molecule has 1 saturated heterocycles. The van der Waals surface area contributed by atoms with E-state index < -0.39 is 11.7 Å². The van der Waals surface area contributed by atoms with Gasteiger partial charge in [-0.15, -0.1) is 0 Å². The first kappa shape index (κ1) is 21.5. The summed E-state index contributed by atoms with van der Waals surface area (Å²) in [4.78, 5) is 31.9. The van der Waals surface area contributed by atoms with Gasteiger partial charge >= 0.3 is 0 Å². The first-order valence-electron chi connectivity index (χ1n) is 10.7. The SMILES string of the molecule is O=C(Nc1ccc(N2CCCCC2)c(C(=O)NCc2cccnc2)c1)c1cccc(F)c1. The zero-order chi connectivity index (χ0) is 22.3. The Bertz CT molecular complexity index is 1100. The molecule has 0 bridgehead atoms. The Morgan fingerprint density at radius 1 is 0.969 bits per heavy atom. The lowest BCUT2D eigenvalue weighted by Crippen LogP contribution is -2.32. The number of nitrogens with zero attached hydrogens (tertiary/aromatic N) is 2. The van der Waals surface area contributed by atoms with Gasteiger partial charge < -0.3 is 15.5 Å². The molecule has 0 atom stereocenters. The number of amides is 2. The number of anilines is 2. The highest BCUT2D eigenvalue weighted by Crippen LogP contribution is 2.27. The van der Waals surface area contributed by atoms with Crippen molar-refractivity contribution >= 4 is 23.2 Å². The smallest absolute Gasteiger partial charge is 0.255 e. The highest BCUT2D eigenvalue weighted by atomic mass is 19.1. The Balaban J connectivity index is 1.57. The lowest BCUT2D eigenvalue weighted by molar-refractivity contribution is 0.0950. The van der Waals surface area contributed by atoms with Crippen molar-refractivity contribution in [2.24, 2.45) is 0 Å². The van der Waals surface area contributed by atoms with Crippen LogP contribution < -0.4 is 15.5 Å². The van der Waals surface area contributed by atoms with Gasteiger partial charge in [-0.05, 0) is 67.3 Å². The highest BCUT2D eigenvalue weighted by Gasteiger charge is 2.20. The van der Waals surface area contributed by atoms with E-state index in [0.29, 0.717) is 17.8 Å². The molecule has 1 aliphatic heterocycles. The van der Waals surface area contributed by atoms with E-state index in [-0.39, 0.29) is 11.5 Å². The quantitative estimate of drug-likeness (QED) is 0.606. The van der Waals surface area contributed by atoms with E-state index in [1.165, 1.54) is 24.6 Å². The molecule has 1 aliphatic rings. The molecule has 7 heteroatoms. The Hall–Kier alpha value is -3.74. The molecule has 0 aliphatic carbocycles. The van der Waals surface area contributed by atoms with Crippen molar-refractivity contribution in [3.05, 3.63) is 89.5 Å². The molecule has 0 saturated carbocycles. The van der Waals surface area contributed by atoms with Crippen LogP contribution in [0.15, 0.2) is 67.0 Å². The zero-order valence-electron chi connectivity index (χ0n) is 17.7. The number of nitrogens with one attached hydrogen (secondary N) is 2. The molecule has 2 heterocycles. The molecule has 6 nitrogen and oxygen atoms in total. The summed E-state index contributed by atoms with van der Waals surface area (Å²) in [6, 6.07) is 14.5. The third kappa shape index (κ3) is 5.29. The molecule has 2 aromatic carbocycles. The number of carbonyl (C=O) groups is 2. The first-order valence-corrected chi connectivity index (χ1v) is 10.7. The third-order valence-electron chi connectivity index (χ3n) is 5.46. The highest BCUT2D eigenvalue weighted by molar-refractivity contribution is 6.06. The normalized spacial score (nSPS) is 13.5. The van der Waals surface area contributed by atoms with E-state index in [4.69, 9.17) is 0 Å². The topological polar surface area (TPSA) is 74.3 Å². The standard InChI is InChI=1S/C25H25FN4O2/c26-20-8-4-7-19(14-20)24(31)29-21-9-10-23(30-12-2-1-3-13-30)22(15-21)25(32)28-17-18-6-5-11-27-16-18/h4-11,14-16H,1-3,12-13,17H2,(H,28,32)(H,29,31). The van der Waals surface area contributed by atoms with Gasteiger partial charge in [-0.3, -0.25) is 14.6 Å². The summed E-state index contributed by atoms with van der Waals surface area (Å²) in [6.07, 6.45) is 6.73. The van der Waals surface area contributed by atoms with Crippen LogP contribution in [-0.2, 0) is 6.54 Å². The Morgan fingerprint density at radius 3 is 2.56 bits per heavy atom. The minimum absolute atomic E-state index is 0.215. The van der Waals surface area contributed by atoms with E-state index in [1.54, 1.807) is 30.6 Å². The second kappa shape index (κ2) is 10.0. The Morgan fingerprint density at radius 2 is 1.81 bits per heavy atom. The molecule has 1 fully saturated rings. The average Bonchev–Trinajstić information content (AvgIpc) is 2.83. The Labute approximate surface area is 186 Å². The van der Waals surface area contributed by atoms with E-state index in [1.807, 2.05) is 18.2 Å². The molecule has 2 amide bonds. The fraction of sp³-hybridized carbons (Fsp3) is 0.240. The minimum atomic E-state index is -0.478. The fourth-order valence-corrected chi connectivity index (χ4v) is 3.82. The van der Waals surface area contributed by atoms with Crippen molar-refractivity contribution in [2.75, 3.05) is 23.3 Å². The number of rotatable bonds is 6. The monoisotopic (exact) mass is 432 g/mol. The summed E-state index contributed by atoms with van der Waals surface area (Å²) in [7, 11) is 0. The van der Waals surface area contributed by atoms with Gasteiger partial charge in [-0.25, -0.2) is 4.39 Å². The second-order valence-corrected chi connectivity index (χ2v) is 7.79. The van der Waals surface area contributed by atoms with Crippen molar-refractivity contribution < 1.29 is 14.0 Å². The molecule has 3 aromatic rings. The van der Waals surface area contributed by atoms with Crippen molar-refractivity contribution in [1.82, 2.24) is 10.3 Å². The zero-order valence-corrected chi connectivity index (χ0v) is 17.7. The van der Waals surface area contributed by atoms with E-state index in [2.05, 4.69) is 20.5 Å². The van der Waals surface area contributed by atoms with Gasteiger partial charge in [0, 0.05) is 49.0 Å². The number of halogens is 1. The van der Waals surface area contributed by atoms with Gasteiger partial charge in [0.15, 0.2) is 0 Å². The summed E-state index contributed by atoms with van der Waals surface area (Å²) >= 11 is 0. The van der Waals surface area contributed by atoms with Crippen LogP contribution in [0.2, 0.25) is 0 Å². The number of hydrogen-bond acceptors (Lipinski definition) is 4. The molecule has 0 spiro atoms. The maximum Gasteiger partial charge on any atom is 0.255 e. The summed E-state index contributed by atoms with van der Waals surface area (Å²) in [5, 5.41) is 5.72. The molecular formula is C25H25FN4O2. The third-order valence-corrected chi connectivity index (χ3v) is 5.46. The minimum Gasteiger partial charge on any atom is -0.371 e. The van der Waals surface area contributed by atoms with Crippen LogP contribution in [0, 0.1) is 5.82 Å². The van der Waals surface area contributed by atoms with Gasteiger partial charge in [0.25, 0.3) is 11.8 Å². The number of aromatic nitrogens is 1. The van der Waals surface area contributed by atoms with Crippen LogP contribution in [0.4, 0.5) is 15.8 Å². The maximum absolute atomic E-state index is 13.5. The number of benzene rings is 2. The van der Waals surface area contributed by atoms with Crippen LogP contribution in [0.1, 0.15) is 45.5 Å². The lowest BCUT2D eigenvalue weighted by atomic mass is 10.1. The number of carbonyl (C=O) groups excluding carboxylic acids is 2. The average molecular weight is 432 g/mol. The van der Waals surface area contributed by atoms with Crippen LogP contribution >= 0.6 is 0 Å². The molecular weight excluding hydrogens is 407 g/mol. The number of hydrogen-bond donors (Lipinski definition) is 2. The van der Waals surface area contributed by atoms with Crippen LogP contribution in [0.3, 0.4) is 0 Å². The van der Waals surface area contributed by atoms with E-state index in [9.17, 15) is 14.0 Å². The summed E-state index contributed by atoms with van der Waals surface area (Å²) in [6.45, 7) is 2.13. The molecule has 4 rings (SSSR count). The molecule has 0 unspecified atom stereocenters. The van der Waals surface area contributed by atoms with E-state index >= 15 is 0 Å². The van der Waals surface area contributed by atoms with Gasteiger partial charge in [0.2, 0.25) is 0 Å². The number of piperidine rings is 1. The van der Waals surface area contributed by atoms with Gasteiger partial charge in [-0.2, -0.15) is 0 Å². The van der Waals surface area contributed by atoms with Gasteiger partial charge in [0.1, 0.15) is 5.82 Å². The second-order valence-electron chi connectivity index (χ2n) is 7.79. The summed E-state index contributed by atoms with van der Waals surface area (Å²) in [5.74, 6) is -1.14. The van der Waals surface area contributed by atoms with E-state index in [0.717, 1.165) is 37.2 Å². The summed E-state index contributed by atoms with van der Waals surface area (Å²) in [5.41, 5.74) is 2.93. The molecule has 32 heavy (non-hydrogen) atoms. The van der Waals surface area contributed by atoms with Crippen molar-refractivity contribution in [3.63, 3.8) is 0 Å². The summed E-state index contributed by atoms with van der Waals surface area (Å²) < 4.78 is 13.5. The molecule has 2 N–H and O–H groups in total. The molecule has 164 valence electrons.